The molecule has 0 amide bonds. The fourth-order valence-corrected chi connectivity index (χ4v) is 1.03. The van der Waals surface area contributed by atoms with Crippen molar-refractivity contribution in [2.75, 3.05) is 0 Å². The Hall–Kier alpha value is -0.830. The third-order valence-corrected chi connectivity index (χ3v) is 1.69. The van der Waals surface area contributed by atoms with E-state index in [2.05, 4.69) is 0 Å². The van der Waals surface area contributed by atoms with Crippen LogP contribution in [0.15, 0.2) is 12.2 Å². The molecule has 1 aliphatic carbocycles. The molecule has 0 aliphatic heterocycles. The van der Waals surface area contributed by atoms with Gasteiger partial charge in [-0.15, -0.1) is 0 Å². The van der Waals surface area contributed by atoms with E-state index in [9.17, 15) is 9.90 Å². The Morgan fingerprint density at radius 1 is 1.60 bits per heavy atom. The Balaban J connectivity index is 2.75. The molecule has 0 aromatic carbocycles. The lowest BCUT2D eigenvalue weighted by Crippen LogP contribution is -2.37. The number of hydrogen-bond acceptors (Lipinski definition) is 2. The van der Waals surface area contributed by atoms with E-state index in [1.165, 1.54) is 6.08 Å². The molecular formula is C7H10O3. The number of aliphatic hydroxyl groups is 1. The SMILES string of the molecule is O=C(O)C1(O)C=CCCC1. The second-order valence-corrected chi connectivity index (χ2v) is 2.52. The summed E-state index contributed by atoms with van der Waals surface area (Å²) in [5.74, 6) is -1.15. The van der Waals surface area contributed by atoms with Crippen LogP contribution in [-0.2, 0) is 4.79 Å². The molecule has 1 rings (SSSR count). The minimum atomic E-state index is -1.59. The van der Waals surface area contributed by atoms with Gasteiger partial charge in [0.1, 0.15) is 0 Å². The maximum atomic E-state index is 10.4. The third-order valence-electron chi connectivity index (χ3n) is 1.69. The minimum Gasteiger partial charge on any atom is -0.479 e. The van der Waals surface area contributed by atoms with Crippen molar-refractivity contribution in [2.45, 2.75) is 24.9 Å². The summed E-state index contributed by atoms with van der Waals surface area (Å²) in [6.45, 7) is 0. The topological polar surface area (TPSA) is 57.5 Å². The highest BCUT2D eigenvalue weighted by atomic mass is 16.4. The molecule has 3 heteroatoms. The van der Waals surface area contributed by atoms with Crippen LogP contribution in [0.2, 0.25) is 0 Å². The molecule has 0 aromatic heterocycles. The largest absolute Gasteiger partial charge is 0.479 e. The van der Waals surface area contributed by atoms with Gasteiger partial charge < -0.3 is 10.2 Å². The Kier molecular flexibility index (Phi) is 1.76. The molecule has 0 heterocycles. The summed E-state index contributed by atoms with van der Waals surface area (Å²) in [6, 6.07) is 0. The smallest absolute Gasteiger partial charge is 0.339 e. The van der Waals surface area contributed by atoms with Crippen molar-refractivity contribution in [1.29, 1.82) is 0 Å². The normalized spacial score (nSPS) is 32.1. The van der Waals surface area contributed by atoms with Gasteiger partial charge in [-0.1, -0.05) is 6.08 Å². The lowest BCUT2D eigenvalue weighted by molar-refractivity contribution is -0.154. The van der Waals surface area contributed by atoms with Crippen LogP contribution in [0.1, 0.15) is 19.3 Å². The molecule has 0 bridgehead atoms. The van der Waals surface area contributed by atoms with Gasteiger partial charge in [0.25, 0.3) is 0 Å². The quantitative estimate of drug-likeness (QED) is 0.525. The Morgan fingerprint density at radius 3 is 2.60 bits per heavy atom. The molecule has 56 valence electrons. The van der Waals surface area contributed by atoms with Crippen molar-refractivity contribution < 1.29 is 15.0 Å². The predicted molar refractivity (Wildman–Crippen MR) is 35.6 cm³/mol. The van der Waals surface area contributed by atoms with Crippen LogP contribution in [-0.4, -0.2) is 21.8 Å². The number of carbonyl (C=O) groups is 1. The first kappa shape index (κ1) is 7.28. The van der Waals surface area contributed by atoms with Crippen LogP contribution < -0.4 is 0 Å². The van der Waals surface area contributed by atoms with Crippen molar-refractivity contribution in [3.63, 3.8) is 0 Å². The highest BCUT2D eigenvalue weighted by molar-refractivity contribution is 5.79. The zero-order valence-corrected chi connectivity index (χ0v) is 5.58. The lowest BCUT2D eigenvalue weighted by atomic mass is 9.91. The second-order valence-electron chi connectivity index (χ2n) is 2.52. The first-order valence-electron chi connectivity index (χ1n) is 3.29. The van der Waals surface area contributed by atoms with Crippen molar-refractivity contribution >= 4 is 5.97 Å². The van der Waals surface area contributed by atoms with Gasteiger partial charge in [0.2, 0.25) is 0 Å². The minimum absolute atomic E-state index is 0.332. The standard InChI is InChI=1S/C7H10O3/c8-6(9)7(10)4-2-1-3-5-7/h2,4,10H,1,3,5H2,(H,8,9). The van der Waals surface area contributed by atoms with E-state index in [1.54, 1.807) is 6.08 Å². The molecule has 1 atom stereocenters. The van der Waals surface area contributed by atoms with Gasteiger partial charge in [-0.2, -0.15) is 0 Å². The van der Waals surface area contributed by atoms with Crippen molar-refractivity contribution in [2.24, 2.45) is 0 Å². The van der Waals surface area contributed by atoms with Crippen molar-refractivity contribution in [3.05, 3.63) is 12.2 Å². The van der Waals surface area contributed by atoms with Gasteiger partial charge in [-0.3, -0.25) is 0 Å². The predicted octanol–water partition coefficient (Wildman–Crippen LogP) is 0.542. The van der Waals surface area contributed by atoms with Crippen LogP contribution in [0.25, 0.3) is 0 Å². The van der Waals surface area contributed by atoms with Crippen LogP contribution >= 0.6 is 0 Å². The summed E-state index contributed by atoms with van der Waals surface area (Å²) >= 11 is 0. The van der Waals surface area contributed by atoms with Gasteiger partial charge in [-0.25, -0.2) is 4.79 Å². The van der Waals surface area contributed by atoms with Crippen LogP contribution in [0.5, 0.6) is 0 Å². The molecule has 0 radical (unpaired) electrons. The number of rotatable bonds is 1. The molecular weight excluding hydrogens is 132 g/mol. The fraction of sp³-hybridized carbons (Fsp3) is 0.571. The maximum absolute atomic E-state index is 10.4. The van der Waals surface area contributed by atoms with E-state index in [0.717, 1.165) is 12.8 Å². The Bertz CT molecular complexity index is 174. The summed E-state index contributed by atoms with van der Waals surface area (Å²) < 4.78 is 0. The van der Waals surface area contributed by atoms with Crippen molar-refractivity contribution in [3.8, 4) is 0 Å². The highest BCUT2D eigenvalue weighted by Gasteiger charge is 2.33. The third kappa shape index (κ3) is 1.19. The zero-order valence-electron chi connectivity index (χ0n) is 5.58. The first-order chi connectivity index (χ1) is 4.65. The molecule has 0 spiro atoms. The van der Waals surface area contributed by atoms with Gasteiger partial charge in [-0.05, 0) is 25.3 Å². The number of carboxylic acids is 1. The number of hydrogen-bond donors (Lipinski definition) is 2. The first-order valence-corrected chi connectivity index (χ1v) is 3.29. The van der Waals surface area contributed by atoms with E-state index in [4.69, 9.17) is 5.11 Å². The molecule has 10 heavy (non-hydrogen) atoms. The zero-order chi connectivity index (χ0) is 7.61. The van der Waals surface area contributed by atoms with E-state index >= 15 is 0 Å². The Morgan fingerprint density at radius 2 is 2.30 bits per heavy atom. The number of carboxylic acid groups (broad SMARTS) is 1. The Labute approximate surface area is 59.0 Å². The average molecular weight is 142 g/mol. The van der Waals surface area contributed by atoms with Gasteiger partial charge in [0.05, 0.1) is 0 Å². The van der Waals surface area contributed by atoms with Crippen molar-refractivity contribution in [1.82, 2.24) is 0 Å². The number of aliphatic carboxylic acids is 1. The average Bonchev–Trinajstić information content (AvgIpc) is 1.89. The summed E-state index contributed by atoms with van der Waals surface area (Å²) in [7, 11) is 0. The molecule has 3 nitrogen and oxygen atoms in total. The van der Waals surface area contributed by atoms with Gasteiger partial charge in [0, 0.05) is 0 Å². The molecule has 1 unspecified atom stereocenters. The van der Waals surface area contributed by atoms with Crippen LogP contribution in [0, 0.1) is 0 Å². The summed E-state index contributed by atoms with van der Waals surface area (Å²) in [5, 5.41) is 17.8. The second kappa shape index (κ2) is 2.42. The van der Waals surface area contributed by atoms with E-state index in [1.807, 2.05) is 0 Å². The monoisotopic (exact) mass is 142 g/mol. The molecule has 0 fully saturated rings. The van der Waals surface area contributed by atoms with Gasteiger partial charge >= 0.3 is 5.97 Å². The molecule has 0 saturated heterocycles. The summed E-state index contributed by atoms with van der Waals surface area (Å²) in [6.07, 6.45) is 5.02. The molecule has 0 aromatic rings. The molecule has 1 aliphatic rings. The summed E-state index contributed by atoms with van der Waals surface area (Å²) in [5.41, 5.74) is -1.59. The van der Waals surface area contributed by atoms with Crippen LogP contribution in [0.3, 0.4) is 0 Å². The van der Waals surface area contributed by atoms with Gasteiger partial charge in [0.15, 0.2) is 5.60 Å². The number of allylic oxidation sites excluding steroid dienone is 1. The molecule has 0 saturated carbocycles. The van der Waals surface area contributed by atoms with E-state index in [0.29, 0.717) is 6.42 Å². The van der Waals surface area contributed by atoms with Crippen LogP contribution in [0.4, 0.5) is 0 Å². The lowest BCUT2D eigenvalue weighted by Gasteiger charge is -2.21. The summed E-state index contributed by atoms with van der Waals surface area (Å²) in [4.78, 5) is 10.4. The van der Waals surface area contributed by atoms with E-state index in [-0.39, 0.29) is 0 Å². The highest BCUT2D eigenvalue weighted by Crippen LogP contribution is 2.21. The molecule has 2 N–H and O–H groups in total. The fourth-order valence-electron chi connectivity index (χ4n) is 1.03. The van der Waals surface area contributed by atoms with E-state index < -0.39 is 11.6 Å². The maximum Gasteiger partial charge on any atom is 0.339 e.